The van der Waals surface area contributed by atoms with Crippen molar-refractivity contribution in [2.45, 2.75) is 0 Å². The number of aromatic nitrogens is 2. The Morgan fingerprint density at radius 3 is 2.79 bits per heavy atom. The molecule has 2 N–H and O–H groups in total. The lowest BCUT2D eigenvalue weighted by Gasteiger charge is -2.06. The van der Waals surface area contributed by atoms with Gasteiger partial charge < -0.3 is 10.5 Å². The van der Waals surface area contributed by atoms with Gasteiger partial charge in [0.15, 0.2) is 0 Å². The maximum Gasteiger partial charge on any atom is 0.144 e. The van der Waals surface area contributed by atoms with E-state index in [1.165, 1.54) is 0 Å². The molecule has 4 heteroatoms. The topological polar surface area (TPSA) is 53.1 Å². The molecule has 1 aromatic carbocycles. The van der Waals surface area contributed by atoms with Crippen LogP contribution in [0.1, 0.15) is 0 Å². The highest BCUT2D eigenvalue weighted by molar-refractivity contribution is 5.47. The fourth-order valence-electron chi connectivity index (χ4n) is 1.29. The minimum Gasteiger partial charge on any atom is -0.494 e. The highest BCUT2D eigenvalue weighted by Gasteiger charge is 2.04. The largest absolute Gasteiger partial charge is 0.494 e. The third kappa shape index (κ3) is 1.42. The Bertz CT molecular complexity index is 436. The van der Waals surface area contributed by atoms with E-state index in [9.17, 15) is 0 Å². The van der Waals surface area contributed by atoms with Crippen LogP contribution in [0.4, 0.5) is 5.69 Å². The van der Waals surface area contributed by atoms with Crippen LogP contribution in [0.5, 0.6) is 5.75 Å². The molecule has 1 heterocycles. The van der Waals surface area contributed by atoms with Crippen molar-refractivity contribution >= 4 is 5.69 Å². The molecule has 0 amide bonds. The molecule has 2 rings (SSSR count). The summed E-state index contributed by atoms with van der Waals surface area (Å²) in [6, 6.07) is 7.64. The number of ether oxygens (including phenoxy) is 1. The summed E-state index contributed by atoms with van der Waals surface area (Å²) in [6.07, 6.45) is 3.35. The molecule has 0 aliphatic heterocycles. The average molecular weight is 189 g/mol. The number of anilines is 1. The van der Waals surface area contributed by atoms with Crippen LogP contribution >= 0.6 is 0 Å². The van der Waals surface area contributed by atoms with E-state index >= 15 is 0 Å². The van der Waals surface area contributed by atoms with Crippen molar-refractivity contribution in [1.29, 1.82) is 0 Å². The lowest BCUT2D eigenvalue weighted by molar-refractivity contribution is 0.411. The molecule has 0 atom stereocenters. The van der Waals surface area contributed by atoms with Crippen molar-refractivity contribution in [3.63, 3.8) is 0 Å². The first-order valence-corrected chi connectivity index (χ1v) is 4.25. The number of rotatable bonds is 2. The monoisotopic (exact) mass is 189 g/mol. The smallest absolute Gasteiger partial charge is 0.144 e. The van der Waals surface area contributed by atoms with Gasteiger partial charge in [-0.3, -0.25) is 0 Å². The molecule has 0 spiro atoms. The van der Waals surface area contributed by atoms with E-state index in [0.717, 1.165) is 11.4 Å². The maximum absolute atomic E-state index is 5.58. The molecule has 1 aromatic heterocycles. The van der Waals surface area contributed by atoms with Gasteiger partial charge in [0.1, 0.15) is 11.4 Å². The number of nitrogens with two attached hydrogens (primary N) is 1. The van der Waals surface area contributed by atoms with E-state index in [2.05, 4.69) is 5.10 Å². The quantitative estimate of drug-likeness (QED) is 0.778. The fourth-order valence-corrected chi connectivity index (χ4v) is 1.29. The van der Waals surface area contributed by atoms with Crippen molar-refractivity contribution in [3.05, 3.63) is 36.7 Å². The predicted molar refractivity (Wildman–Crippen MR) is 54.5 cm³/mol. The number of benzene rings is 1. The number of methoxy groups -OCH3 is 1. The van der Waals surface area contributed by atoms with Crippen LogP contribution in [0.2, 0.25) is 0 Å². The molecule has 4 nitrogen and oxygen atoms in total. The van der Waals surface area contributed by atoms with Crippen molar-refractivity contribution in [2.75, 3.05) is 12.8 Å². The minimum atomic E-state index is 0.635. The highest BCUT2D eigenvalue weighted by atomic mass is 16.5. The molecule has 72 valence electrons. The first-order chi connectivity index (χ1) is 6.81. The van der Waals surface area contributed by atoms with E-state index in [4.69, 9.17) is 10.5 Å². The van der Waals surface area contributed by atoms with Gasteiger partial charge in [0.2, 0.25) is 0 Å². The number of para-hydroxylation sites is 2. The van der Waals surface area contributed by atoms with Gasteiger partial charge >= 0.3 is 0 Å². The number of nitrogens with zero attached hydrogens (tertiary/aromatic N) is 2. The second-order valence-corrected chi connectivity index (χ2v) is 2.89. The zero-order valence-electron chi connectivity index (χ0n) is 7.84. The van der Waals surface area contributed by atoms with Gasteiger partial charge in [-0.1, -0.05) is 12.1 Å². The van der Waals surface area contributed by atoms with Gasteiger partial charge in [-0.2, -0.15) is 5.10 Å². The normalized spacial score (nSPS) is 10.1. The second-order valence-electron chi connectivity index (χ2n) is 2.89. The summed E-state index contributed by atoms with van der Waals surface area (Å²) in [5, 5.41) is 4.11. The molecule has 0 saturated carbocycles. The highest BCUT2D eigenvalue weighted by Crippen LogP contribution is 2.21. The molecule has 0 fully saturated rings. The molecule has 0 aliphatic rings. The number of hydrogen-bond acceptors (Lipinski definition) is 3. The summed E-state index contributed by atoms with van der Waals surface area (Å²) in [7, 11) is 1.63. The third-order valence-corrected chi connectivity index (χ3v) is 1.93. The molecule has 14 heavy (non-hydrogen) atoms. The fraction of sp³-hybridized carbons (Fsp3) is 0.100. The number of hydrogen-bond donors (Lipinski definition) is 1. The van der Waals surface area contributed by atoms with Crippen LogP contribution in [0, 0.1) is 0 Å². The summed E-state index contributed by atoms with van der Waals surface area (Å²) in [6.45, 7) is 0. The van der Waals surface area contributed by atoms with Crippen LogP contribution in [0.25, 0.3) is 5.69 Å². The van der Waals surface area contributed by atoms with E-state index in [0.29, 0.717) is 5.69 Å². The minimum absolute atomic E-state index is 0.635. The molecular formula is C10H11N3O. The third-order valence-electron chi connectivity index (χ3n) is 1.93. The predicted octanol–water partition coefficient (Wildman–Crippen LogP) is 1.46. The molecule has 0 aliphatic carbocycles. The van der Waals surface area contributed by atoms with Gasteiger partial charge in [0.25, 0.3) is 0 Å². The van der Waals surface area contributed by atoms with Crippen LogP contribution < -0.4 is 10.5 Å². The average Bonchev–Trinajstić information content (AvgIpc) is 2.65. The second kappa shape index (κ2) is 3.41. The van der Waals surface area contributed by atoms with Crippen molar-refractivity contribution < 1.29 is 4.74 Å². The molecule has 0 saturated heterocycles. The Kier molecular flexibility index (Phi) is 2.10. The van der Waals surface area contributed by atoms with Crippen molar-refractivity contribution in [1.82, 2.24) is 9.78 Å². The summed E-state index contributed by atoms with van der Waals surface area (Å²) in [5.41, 5.74) is 7.10. The van der Waals surface area contributed by atoms with Crippen LogP contribution in [-0.4, -0.2) is 16.9 Å². The Morgan fingerprint density at radius 2 is 2.14 bits per heavy atom. The molecule has 0 unspecified atom stereocenters. The van der Waals surface area contributed by atoms with E-state index in [1.54, 1.807) is 24.2 Å². The van der Waals surface area contributed by atoms with Crippen LogP contribution in [-0.2, 0) is 0 Å². The molecule has 0 bridgehead atoms. The zero-order valence-corrected chi connectivity index (χ0v) is 7.84. The SMILES string of the molecule is COc1ccccc1-n1cc(N)cn1. The van der Waals surface area contributed by atoms with Crippen LogP contribution in [0.15, 0.2) is 36.7 Å². The molecular weight excluding hydrogens is 178 g/mol. The maximum atomic E-state index is 5.58. The van der Waals surface area contributed by atoms with E-state index < -0.39 is 0 Å². The number of nitrogen functional groups attached to an aromatic ring is 1. The van der Waals surface area contributed by atoms with Gasteiger partial charge in [0.05, 0.1) is 25.2 Å². The summed E-state index contributed by atoms with van der Waals surface area (Å²) >= 11 is 0. The van der Waals surface area contributed by atoms with Crippen LogP contribution in [0.3, 0.4) is 0 Å². The van der Waals surface area contributed by atoms with Crippen molar-refractivity contribution in [2.24, 2.45) is 0 Å². The zero-order chi connectivity index (χ0) is 9.97. The first-order valence-electron chi connectivity index (χ1n) is 4.25. The Morgan fingerprint density at radius 1 is 1.36 bits per heavy atom. The molecule has 2 aromatic rings. The van der Waals surface area contributed by atoms with Gasteiger partial charge in [-0.05, 0) is 12.1 Å². The van der Waals surface area contributed by atoms with Gasteiger partial charge in [0, 0.05) is 0 Å². The lowest BCUT2D eigenvalue weighted by Crippen LogP contribution is -1.97. The first kappa shape index (κ1) is 8.62. The van der Waals surface area contributed by atoms with E-state index in [1.807, 2.05) is 24.3 Å². The van der Waals surface area contributed by atoms with E-state index in [-0.39, 0.29) is 0 Å². The van der Waals surface area contributed by atoms with Gasteiger partial charge in [-0.25, -0.2) is 4.68 Å². The Balaban J connectivity index is 2.50. The lowest BCUT2D eigenvalue weighted by atomic mass is 10.3. The summed E-state index contributed by atoms with van der Waals surface area (Å²) in [5.74, 6) is 0.774. The van der Waals surface area contributed by atoms with Crippen molar-refractivity contribution in [3.8, 4) is 11.4 Å². The molecule has 0 radical (unpaired) electrons. The summed E-state index contributed by atoms with van der Waals surface area (Å²) < 4.78 is 6.90. The Labute approximate surface area is 81.9 Å². The standard InChI is InChI=1S/C10H11N3O/c1-14-10-5-3-2-4-9(10)13-7-8(11)6-12-13/h2-7H,11H2,1H3. The van der Waals surface area contributed by atoms with Gasteiger partial charge in [-0.15, -0.1) is 0 Å². The Hall–Kier alpha value is -1.97. The summed E-state index contributed by atoms with van der Waals surface area (Å²) in [4.78, 5) is 0.